The van der Waals surface area contributed by atoms with Gasteiger partial charge in [0.1, 0.15) is 0 Å². The first-order valence-electron chi connectivity index (χ1n) is 9.89. The van der Waals surface area contributed by atoms with E-state index >= 15 is 0 Å². The molecule has 0 bridgehead atoms. The maximum Gasteiger partial charge on any atom is 0.266 e. The normalized spacial score (nSPS) is 12.8. The minimum atomic E-state index is -0.411. The zero-order valence-corrected chi connectivity index (χ0v) is 17.2. The Balaban J connectivity index is 1.64. The quantitative estimate of drug-likeness (QED) is 0.635. The molecule has 0 atom stereocenters. The molecule has 0 aromatic heterocycles. The molecule has 0 aliphatic carbocycles. The molecule has 0 saturated carbocycles. The number of imide groups is 1. The number of carbonyl (C=O) groups excluding carboxylic acids is 3. The third-order valence-corrected chi connectivity index (χ3v) is 5.35. The van der Waals surface area contributed by atoms with E-state index in [2.05, 4.69) is 5.32 Å². The average molecular weight is 398 g/mol. The van der Waals surface area contributed by atoms with Crippen LogP contribution in [0.15, 0.2) is 60.7 Å². The number of nitrogens with one attached hydrogen (secondary N) is 1. The number of benzene rings is 3. The molecule has 150 valence electrons. The summed E-state index contributed by atoms with van der Waals surface area (Å²) in [6, 6.07) is 17.9. The number of fused-ring (bicyclic) bond motifs is 1. The van der Waals surface area contributed by atoms with Crippen molar-refractivity contribution in [1.29, 1.82) is 0 Å². The summed E-state index contributed by atoms with van der Waals surface area (Å²) in [5.74, 6) is -1.10. The van der Waals surface area contributed by atoms with Gasteiger partial charge in [0.25, 0.3) is 17.7 Å². The molecule has 1 aliphatic heterocycles. The Morgan fingerprint density at radius 1 is 0.900 bits per heavy atom. The molecule has 3 aromatic carbocycles. The van der Waals surface area contributed by atoms with Crippen molar-refractivity contribution >= 4 is 29.1 Å². The molecule has 1 aliphatic rings. The van der Waals surface area contributed by atoms with Gasteiger partial charge in [-0.2, -0.15) is 0 Å². The highest BCUT2D eigenvalue weighted by Crippen LogP contribution is 2.32. The summed E-state index contributed by atoms with van der Waals surface area (Å²) in [7, 11) is 0. The lowest BCUT2D eigenvalue weighted by molar-refractivity contribution is 0.0925. The zero-order chi connectivity index (χ0) is 21.4. The van der Waals surface area contributed by atoms with Crippen LogP contribution >= 0.6 is 0 Å². The van der Waals surface area contributed by atoms with Gasteiger partial charge in [-0.25, -0.2) is 4.90 Å². The lowest BCUT2D eigenvalue weighted by Crippen LogP contribution is -2.30. The summed E-state index contributed by atoms with van der Waals surface area (Å²) in [5.41, 5.74) is 5.07. The van der Waals surface area contributed by atoms with Crippen molar-refractivity contribution < 1.29 is 14.4 Å². The summed E-state index contributed by atoms with van der Waals surface area (Å²) in [6.07, 6.45) is 0.868. The molecular formula is C25H22N2O3. The van der Waals surface area contributed by atoms with Crippen LogP contribution in [-0.2, 0) is 6.42 Å². The van der Waals surface area contributed by atoms with Gasteiger partial charge in [0, 0.05) is 11.3 Å². The van der Waals surface area contributed by atoms with Crippen LogP contribution in [0, 0.1) is 13.8 Å². The number of aryl methyl sites for hydroxylation is 3. The van der Waals surface area contributed by atoms with Gasteiger partial charge in [-0.05, 0) is 73.4 Å². The minimum Gasteiger partial charge on any atom is -0.322 e. The average Bonchev–Trinajstić information content (AvgIpc) is 2.99. The first-order valence-corrected chi connectivity index (χ1v) is 9.89. The van der Waals surface area contributed by atoms with E-state index in [4.69, 9.17) is 0 Å². The van der Waals surface area contributed by atoms with Crippen molar-refractivity contribution in [3.05, 3.63) is 94.0 Å². The number of nitrogens with zero attached hydrogens (tertiary/aromatic N) is 1. The lowest BCUT2D eigenvalue weighted by atomic mass is 10.1. The maximum atomic E-state index is 13.1. The molecule has 3 aromatic rings. The molecule has 1 heterocycles. The third-order valence-electron chi connectivity index (χ3n) is 5.35. The van der Waals surface area contributed by atoms with E-state index in [0.29, 0.717) is 22.5 Å². The molecule has 1 N–H and O–H groups in total. The Morgan fingerprint density at radius 3 is 2.43 bits per heavy atom. The fraction of sp³-hybridized carbons (Fsp3) is 0.160. The number of anilines is 2. The van der Waals surface area contributed by atoms with Crippen molar-refractivity contribution in [2.75, 3.05) is 10.2 Å². The second-order valence-electron chi connectivity index (χ2n) is 7.50. The molecule has 0 spiro atoms. The van der Waals surface area contributed by atoms with Crippen molar-refractivity contribution in [3.63, 3.8) is 0 Å². The Kier molecular flexibility index (Phi) is 4.96. The molecule has 0 fully saturated rings. The molecule has 30 heavy (non-hydrogen) atoms. The summed E-state index contributed by atoms with van der Waals surface area (Å²) in [4.78, 5) is 39.9. The van der Waals surface area contributed by atoms with Gasteiger partial charge in [0.05, 0.1) is 16.8 Å². The van der Waals surface area contributed by atoms with E-state index in [1.54, 1.807) is 12.1 Å². The van der Waals surface area contributed by atoms with Gasteiger partial charge in [0.2, 0.25) is 0 Å². The van der Waals surface area contributed by atoms with Crippen LogP contribution in [0.4, 0.5) is 11.4 Å². The molecule has 3 amide bonds. The van der Waals surface area contributed by atoms with Crippen LogP contribution in [0.25, 0.3) is 0 Å². The predicted molar refractivity (Wildman–Crippen MR) is 117 cm³/mol. The number of amides is 3. The van der Waals surface area contributed by atoms with Gasteiger partial charge in [0.15, 0.2) is 0 Å². The molecule has 4 rings (SSSR count). The number of hydrogen-bond acceptors (Lipinski definition) is 3. The van der Waals surface area contributed by atoms with Crippen molar-refractivity contribution in [3.8, 4) is 0 Å². The van der Waals surface area contributed by atoms with Crippen LogP contribution in [0.1, 0.15) is 54.7 Å². The van der Waals surface area contributed by atoms with Crippen LogP contribution in [0.5, 0.6) is 0 Å². The zero-order valence-electron chi connectivity index (χ0n) is 17.2. The fourth-order valence-corrected chi connectivity index (χ4v) is 3.63. The highest BCUT2D eigenvalue weighted by Gasteiger charge is 2.37. The monoisotopic (exact) mass is 398 g/mol. The topological polar surface area (TPSA) is 66.5 Å². The summed E-state index contributed by atoms with van der Waals surface area (Å²) in [6.45, 7) is 5.82. The highest BCUT2D eigenvalue weighted by atomic mass is 16.2. The fourth-order valence-electron chi connectivity index (χ4n) is 3.63. The Hall–Kier alpha value is -3.73. The van der Waals surface area contributed by atoms with Gasteiger partial charge in [-0.1, -0.05) is 31.2 Å². The molecule has 0 saturated heterocycles. The van der Waals surface area contributed by atoms with Gasteiger partial charge < -0.3 is 5.32 Å². The van der Waals surface area contributed by atoms with Crippen molar-refractivity contribution in [2.24, 2.45) is 0 Å². The van der Waals surface area contributed by atoms with Crippen LogP contribution in [0.2, 0.25) is 0 Å². The number of hydrogen-bond donors (Lipinski definition) is 1. The third kappa shape index (κ3) is 3.39. The van der Waals surface area contributed by atoms with E-state index in [0.717, 1.165) is 23.1 Å². The Morgan fingerprint density at radius 2 is 1.67 bits per heavy atom. The van der Waals surface area contributed by atoms with Crippen molar-refractivity contribution in [1.82, 2.24) is 0 Å². The van der Waals surface area contributed by atoms with Crippen LogP contribution in [0.3, 0.4) is 0 Å². The molecular weight excluding hydrogens is 376 g/mol. The molecule has 0 unspecified atom stereocenters. The van der Waals surface area contributed by atoms with E-state index in [1.807, 2.05) is 63.2 Å². The lowest BCUT2D eigenvalue weighted by Gasteiger charge is -2.17. The summed E-state index contributed by atoms with van der Waals surface area (Å²) >= 11 is 0. The second-order valence-corrected chi connectivity index (χ2v) is 7.50. The highest BCUT2D eigenvalue weighted by molar-refractivity contribution is 6.35. The van der Waals surface area contributed by atoms with Gasteiger partial charge in [-0.3, -0.25) is 14.4 Å². The largest absolute Gasteiger partial charge is 0.322 e. The van der Waals surface area contributed by atoms with Crippen LogP contribution in [-0.4, -0.2) is 17.7 Å². The van der Waals surface area contributed by atoms with E-state index in [-0.39, 0.29) is 17.4 Å². The Labute approximate surface area is 175 Å². The standard InChI is InChI=1S/C25H22N2O3/c1-4-17-6-5-7-19(13-17)26-23(28)18-10-11-20-21(14-18)25(30)27(24(20)29)22-12-15(2)8-9-16(22)3/h5-14H,4H2,1-3H3,(H,26,28). The smallest absolute Gasteiger partial charge is 0.266 e. The van der Waals surface area contributed by atoms with E-state index in [9.17, 15) is 14.4 Å². The molecule has 5 heteroatoms. The first kappa shape index (κ1) is 19.6. The second kappa shape index (κ2) is 7.59. The first-order chi connectivity index (χ1) is 14.4. The summed E-state index contributed by atoms with van der Waals surface area (Å²) < 4.78 is 0. The van der Waals surface area contributed by atoms with E-state index in [1.165, 1.54) is 11.0 Å². The number of rotatable bonds is 4. The summed E-state index contributed by atoms with van der Waals surface area (Å²) in [5, 5.41) is 2.86. The molecule has 5 nitrogen and oxygen atoms in total. The number of carbonyl (C=O) groups is 3. The minimum absolute atomic E-state index is 0.246. The van der Waals surface area contributed by atoms with Crippen molar-refractivity contribution in [2.45, 2.75) is 27.2 Å². The maximum absolute atomic E-state index is 13.1. The van der Waals surface area contributed by atoms with Crippen LogP contribution < -0.4 is 10.2 Å². The molecule has 0 radical (unpaired) electrons. The Bertz CT molecular complexity index is 1200. The van der Waals surface area contributed by atoms with E-state index < -0.39 is 5.91 Å². The predicted octanol–water partition coefficient (Wildman–Crippen LogP) is 4.92. The SMILES string of the molecule is CCc1cccc(NC(=O)c2ccc3c(c2)C(=O)N(c2cc(C)ccc2C)C3=O)c1. The van der Waals surface area contributed by atoms with Gasteiger partial charge in [-0.15, -0.1) is 0 Å². The van der Waals surface area contributed by atoms with Gasteiger partial charge >= 0.3 is 0 Å².